The monoisotopic (exact) mass is 274 g/mol. The van der Waals surface area contributed by atoms with Crippen molar-refractivity contribution in [3.05, 3.63) is 33.4 Å². The Kier molecular flexibility index (Phi) is 2.66. The fourth-order valence-electron chi connectivity index (χ4n) is 1.52. The van der Waals surface area contributed by atoms with Crippen LogP contribution < -0.4 is 0 Å². The van der Waals surface area contributed by atoms with E-state index in [0.717, 1.165) is 6.61 Å². The highest BCUT2D eigenvalue weighted by atomic mass is 127. The summed E-state index contributed by atoms with van der Waals surface area (Å²) in [5, 5.41) is 0. The Hall–Kier alpha value is -0.0900. The van der Waals surface area contributed by atoms with Gasteiger partial charge in [0.1, 0.15) is 0 Å². The quantitative estimate of drug-likeness (QED) is 0.715. The standard InChI is InChI=1S/C10H11IO/c11-9-5-3-8(4-6-9)10-2-1-7-12-10/h3-6,10H,1-2,7H2. The van der Waals surface area contributed by atoms with Crippen LogP contribution in [0.1, 0.15) is 24.5 Å². The van der Waals surface area contributed by atoms with Crippen molar-refractivity contribution in [2.24, 2.45) is 0 Å². The Balaban J connectivity index is 2.17. The minimum atomic E-state index is 0.363. The van der Waals surface area contributed by atoms with Crippen LogP contribution in [0.15, 0.2) is 24.3 Å². The van der Waals surface area contributed by atoms with E-state index < -0.39 is 0 Å². The molecule has 0 amide bonds. The predicted molar refractivity (Wildman–Crippen MR) is 57.1 cm³/mol. The molecular formula is C10H11IO. The molecule has 1 saturated heterocycles. The lowest BCUT2D eigenvalue weighted by molar-refractivity contribution is 0.112. The molecule has 2 rings (SSSR count). The van der Waals surface area contributed by atoms with Crippen molar-refractivity contribution in [2.45, 2.75) is 18.9 Å². The van der Waals surface area contributed by atoms with Crippen LogP contribution in [0.4, 0.5) is 0 Å². The summed E-state index contributed by atoms with van der Waals surface area (Å²) in [5.41, 5.74) is 1.33. The molecule has 0 aromatic heterocycles. The highest BCUT2D eigenvalue weighted by Crippen LogP contribution is 2.28. The van der Waals surface area contributed by atoms with E-state index in [-0.39, 0.29) is 0 Å². The van der Waals surface area contributed by atoms with Crippen molar-refractivity contribution in [2.75, 3.05) is 6.61 Å². The molecule has 1 aromatic rings. The van der Waals surface area contributed by atoms with Gasteiger partial charge in [-0.05, 0) is 53.1 Å². The summed E-state index contributed by atoms with van der Waals surface area (Å²) in [6.07, 6.45) is 2.75. The second-order valence-electron chi connectivity index (χ2n) is 3.05. The molecule has 0 bridgehead atoms. The van der Waals surface area contributed by atoms with E-state index in [4.69, 9.17) is 4.74 Å². The zero-order valence-electron chi connectivity index (χ0n) is 6.79. The number of rotatable bonds is 1. The van der Waals surface area contributed by atoms with Gasteiger partial charge in [-0.1, -0.05) is 12.1 Å². The molecule has 1 aliphatic rings. The second-order valence-corrected chi connectivity index (χ2v) is 4.30. The van der Waals surface area contributed by atoms with Crippen molar-refractivity contribution in [1.82, 2.24) is 0 Å². The van der Waals surface area contributed by atoms with Crippen LogP contribution in [0.5, 0.6) is 0 Å². The normalized spacial score (nSPS) is 22.9. The zero-order chi connectivity index (χ0) is 8.39. The van der Waals surface area contributed by atoms with Crippen molar-refractivity contribution in [3.8, 4) is 0 Å². The van der Waals surface area contributed by atoms with Crippen LogP contribution in [-0.4, -0.2) is 6.61 Å². The first-order valence-corrected chi connectivity index (χ1v) is 5.31. The largest absolute Gasteiger partial charge is 0.374 e. The average molecular weight is 274 g/mol. The highest BCUT2D eigenvalue weighted by Gasteiger charge is 2.16. The SMILES string of the molecule is Ic1ccc(C2CCCO2)cc1. The number of hydrogen-bond acceptors (Lipinski definition) is 1. The summed E-state index contributed by atoms with van der Waals surface area (Å²) in [7, 11) is 0. The molecule has 1 heterocycles. The first-order chi connectivity index (χ1) is 5.86. The number of hydrogen-bond donors (Lipinski definition) is 0. The Labute approximate surface area is 86.3 Å². The molecule has 0 radical (unpaired) electrons. The third-order valence-electron chi connectivity index (χ3n) is 2.17. The van der Waals surface area contributed by atoms with Crippen LogP contribution in [0.25, 0.3) is 0 Å². The van der Waals surface area contributed by atoms with Gasteiger partial charge in [-0.15, -0.1) is 0 Å². The average Bonchev–Trinajstić information content (AvgIpc) is 2.58. The maximum atomic E-state index is 5.58. The smallest absolute Gasteiger partial charge is 0.0825 e. The molecular weight excluding hydrogens is 263 g/mol. The maximum absolute atomic E-state index is 5.58. The first-order valence-electron chi connectivity index (χ1n) is 4.23. The molecule has 0 N–H and O–H groups in total. The summed E-state index contributed by atoms with van der Waals surface area (Å²) in [6.45, 7) is 0.927. The van der Waals surface area contributed by atoms with Crippen molar-refractivity contribution in [3.63, 3.8) is 0 Å². The van der Waals surface area contributed by atoms with Crippen LogP contribution in [0, 0.1) is 3.57 Å². The van der Waals surface area contributed by atoms with Crippen LogP contribution in [0.3, 0.4) is 0 Å². The summed E-state index contributed by atoms with van der Waals surface area (Å²) in [4.78, 5) is 0. The summed E-state index contributed by atoms with van der Waals surface area (Å²) in [6, 6.07) is 8.60. The predicted octanol–water partition coefficient (Wildman–Crippen LogP) is 3.14. The lowest BCUT2D eigenvalue weighted by Crippen LogP contribution is -1.94. The van der Waals surface area contributed by atoms with Gasteiger partial charge in [0.2, 0.25) is 0 Å². The first kappa shape index (κ1) is 8.51. The van der Waals surface area contributed by atoms with Gasteiger partial charge >= 0.3 is 0 Å². The number of halogens is 1. The van der Waals surface area contributed by atoms with Crippen molar-refractivity contribution >= 4 is 22.6 Å². The Morgan fingerprint density at radius 2 is 2.00 bits per heavy atom. The topological polar surface area (TPSA) is 9.23 Å². The minimum absolute atomic E-state index is 0.363. The van der Waals surface area contributed by atoms with Crippen LogP contribution in [-0.2, 0) is 4.74 Å². The van der Waals surface area contributed by atoms with Gasteiger partial charge in [-0.25, -0.2) is 0 Å². The van der Waals surface area contributed by atoms with Gasteiger partial charge in [0.25, 0.3) is 0 Å². The molecule has 0 aliphatic carbocycles. The van der Waals surface area contributed by atoms with Gasteiger partial charge < -0.3 is 4.74 Å². The van der Waals surface area contributed by atoms with Crippen LogP contribution >= 0.6 is 22.6 Å². The van der Waals surface area contributed by atoms with E-state index in [9.17, 15) is 0 Å². The van der Waals surface area contributed by atoms with Crippen molar-refractivity contribution < 1.29 is 4.74 Å². The molecule has 12 heavy (non-hydrogen) atoms. The lowest BCUT2D eigenvalue weighted by atomic mass is 10.1. The summed E-state index contributed by atoms with van der Waals surface area (Å²) >= 11 is 2.32. The van der Waals surface area contributed by atoms with E-state index in [2.05, 4.69) is 46.9 Å². The number of benzene rings is 1. The highest BCUT2D eigenvalue weighted by molar-refractivity contribution is 14.1. The molecule has 0 saturated carbocycles. The summed E-state index contributed by atoms with van der Waals surface area (Å²) in [5.74, 6) is 0. The van der Waals surface area contributed by atoms with E-state index in [0.29, 0.717) is 6.10 Å². The molecule has 1 aliphatic heterocycles. The molecule has 1 fully saturated rings. The Morgan fingerprint density at radius 3 is 2.58 bits per heavy atom. The van der Waals surface area contributed by atoms with E-state index in [1.807, 2.05) is 0 Å². The second kappa shape index (κ2) is 3.75. The maximum Gasteiger partial charge on any atom is 0.0825 e. The van der Waals surface area contributed by atoms with E-state index in [1.165, 1.54) is 22.0 Å². The molecule has 0 spiro atoms. The van der Waals surface area contributed by atoms with Gasteiger partial charge in [-0.2, -0.15) is 0 Å². The third kappa shape index (κ3) is 1.80. The molecule has 1 atom stereocenters. The third-order valence-corrected chi connectivity index (χ3v) is 2.89. The Bertz CT molecular complexity index is 249. The van der Waals surface area contributed by atoms with E-state index in [1.54, 1.807) is 0 Å². The van der Waals surface area contributed by atoms with Crippen molar-refractivity contribution in [1.29, 1.82) is 0 Å². The van der Waals surface area contributed by atoms with E-state index >= 15 is 0 Å². The van der Waals surface area contributed by atoms with Gasteiger partial charge in [0, 0.05) is 10.2 Å². The molecule has 1 unspecified atom stereocenters. The fourth-order valence-corrected chi connectivity index (χ4v) is 1.88. The molecule has 2 heteroatoms. The number of ether oxygens (including phenoxy) is 1. The lowest BCUT2D eigenvalue weighted by Gasteiger charge is -2.08. The van der Waals surface area contributed by atoms with Crippen LogP contribution in [0.2, 0.25) is 0 Å². The Morgan fingerprint density at radius 1 is 1.25 bits per heavy atom. The minimum Gasteiger partial charge on any atom is -0.374 e. The van der Waals surface area contributed by atoms with Gasteiger partial charge in [0.15, 0.2) is 0 Å². The fraction of sp³-hybridized carbons (Fsp3) is 0.400. The molecule has 1 aromatic carbocycles. The van der Waals surface area contributed by atoms with Gasteiger partial charge in [-0.3, -0.25) is 0 Å². The molecule has 1 nitrogen and oxygen atoms in total. The zero-order valence-corrected chi connectivity index (χ0v) is 8.95. The summed E-state index contributed by atoms with van der Waals surface area (Å²) < 4.78 is 6.86. The molecule has 64 valence electrons. The van der Waals surface area contributed by atoms with Gasteiger partial charge in [0.05, 0.1) is 6.10 Å².